The Bertz CT molecular complexity index is 1010. The predicted molar refractivity (Wildman–Crippen MR) is 113 cm³/mol. The van der Waals surface area contributed by atoms with Gasteiger partial charge < -0.3 is 5.32 Å². The average Bonchev–Trinajstić information content (AvgIpc) is 2.61. The second-order valence-electron chi connectivity index (χ2n) is 6.54. The highest BCUT2D eigenvalue weighted by Gasteiger charge is 2.32. The quantitative estimate of drug-likeness (QED) is 0.682. The van der Waals surface area contributed by atoms with Crippen LogP contribution in [0.1, 0.15) is 36.2 Å². The van der Waals surface area contributed by atoms with E-state index in [1.54, 1.807) is 50.2 Å². The number of carbonyl (C=O) groups is 2. The lowest BCUT2D eigenvalue weighted by Crippen LogP contribution is -2.47. The first-order chi connectivity index (χ1) is 13.0. The van der Waals surface area contributed by atoms with E-state index in [2.05, 4.69) is 5.32 Å². The maximum Gasteiger partial charge on any atom is 0.248 e. The minimum atomic E-state index is -3.77. The van der Waals surface area contributed by atoms with Crippen LogP contribution in [-0.2, 0) is 14.8 Å². The molecule has 0 saturated heterocycles. The molecule has 0 aromatic heterocycles. The second-order valence-corrected chi connectivity index (χ2v) is 8.84. The topological polar surface area (TPSA) is 83.6 Å². The third-order valence-electron chi connectivity index (χ3n) is 4.27. The third-order valence-corrected chi connectivity index (χ3v) is 5.68. The number of hydrogen-bond acceptors (Lipinski definition) is 4. The van der Waals surface area contributed by atoms with E-state index in [1.165, 1.54) is 13.0 Å². The molecular weight excluding hydrogens is 400 g/mol. The molecule has 1 atom stereocenters. The van der Waals surface area contributed by atoms with Crippen LogP contribution in [0, 0.1) is 6.92 Å². The van der Waals surface area contributed by atoms with Gasteiger partial charge in [-0.3, -0.25) is 13.9 Å². The maximum atomic E-state index is 12.9. The third kappa shape index (κ3) is 5.11. The Morgan fingerprint density at radius 1 is 1.18 bits per heavy atom. The van der Waals surface area contributed by atoms with Crippen molar-refractivity contribution in [3.8, 4) is 0 Å². The van der Waals surface area contributed by atoms with Crippen LogP contribution >= 0.6 is 11.6 Å². The highest BCUT2D eigenvalue weighted by Crippen LogP contribution is 2.29. The Morgan fingerprint density at radius 3 is 2.43 bits per heavy atom. The molecule has 150 valence electrons. The van der Waals surface area contributed by atoms with E-state index in [0.29, 0.717) is 27.5 Å². The van der Waals surface area contributed by atoms with Gasteiger partial charge in [0.15, 0.2) is 5.78 Å². The smallest absolute Gasteiger partial charge is 0.248 e. The Morgan fingerprint density at radius 2 is 1.86 bits per heavy atom. The molecule has 0 aliphatic heterocycles. The number of anilines is 2. The first-order valence-electron chi connectivity index (χ1n) is 8.72. The van der Waals surface area contributed by atoms with Crippen molar-refractivity contribution in [2.75, 3.05) is 15.9 Å². The molecule has 0 unspecified atom stereocenters. The summed E-state index contributed by atoms with van der Waals surface area (Å²) in [5, 5.41) is 3.09. The summed E-state index contributed by atoms with van der Waals surface area (Å²) in [5.74, 6) is -0.622. The molecule has 2 aromatic rings. The Hall–Kier alpha value is -2.38. The fraction of sp³-hybridized carbons (Fsp3) is 0.300. The van der Waals surface area contributed by atoms with Crippen molar-refractivity contribution in [3.05, 3.63) is 58.6 Å². The maximum absolute atomic E-state index is 12.9. The van der Waals surface area contributed by atoms with E-state index in [9.17, 15) is 18.0 Å². The van der Waals surface area contributed by atoms with E-state index in [0.717, 1.165) is 10.6 Å². The van der Waals surface area contributed by atoms with Gasteiger partial charge in [0.05, 0.1) is 11.9 Å². The minimum Gasteiger partial charge on any atom is -0.324 e. The lowest BCUT2D eigenvalue weighted by molar-refractivity contribution is -0.117. The summed E-state index contributed by atoms with van der Waals surface area (Å²) in [6, 6.07) is 10.4. The van der Waals surface area contributed by atoms with Crippen LogP contribution in [0.15, 0.2) is 42.5 Å². The molecule has 0 fully saturated rings. The Kier molecular flexibility index (Phi) is 6.85. The molecule has 2 aromatic carbocycles. The first kappa shape index (κ1) is 21.9. The molecule has 0 aliphatic rings. The summed E-state index contributed by atoms with van der Waals surface area (Å²) >= 11 is 6.06. The summed E-state index contributed by atoms with van der Waals surface area (Å²) in [4.78, 5) is 24.5. The Balaban J connectivity index is 2.44. The van der Waals surface area contributed by atoms with Crippen LogP contribution in [0.5, 0.6) is 0 Å². The second kappa shape index (κ2) is 8.75. The number of nitrogens with one attached hydrogen (secondary N) is 1. The molecule has 2 rings (SSSR count). The molecule has 28 heavy (non-hydrogen) atoms. The van der Waals surface area contributed by atoms with E-state index in [-0.39, 0.29) is 12.2 Å². The van der Waals surface area contributed by atoms with Crippen molar-refractivity contribution in [2.45, 2.75) is 33.2 Å². The molecule has 8 heteroatoms. The standard InChI is InChI=1S/C20H23ClN2O4S/c1-5-18(20(25)22-17-8-6-7-15(11-17)14(3)24)23(28(4,26)27)19-12-16(21)10-9-13(19)2/h6-12,18H,5H2,1-4H3,(H,22,25)/t18-/m0/s1. The van der Waals surface area contributed by atoms with Crippen LogP contribution < -0.4 is 9.62 Å². The van der Waals surface area contributed by atoms with Crippen molar-refractivity contribution in [1.29, 1.82) is 0 Å². The summed E-state index contributed by atoms with van der Waals surface area (Å²) < 4.78 is 26.2. The molecule has 0 saturated carbocycles. The summed E-state index contributed by atoms with van der Waals surface area (Å²) in [5.41, 5.74) is 1.91. The summed E-state index contributed by atoms with van der Waals surface area (Å²) in [7, 11) is -3.77. The van der Waals surface area contributed by atoms with Crippen molar-refractivity contribution in [3.63, 3.8) is 0 Å². The van der Waals surface area contributed by atoms with Gasteiger partial charge in [-0.05, 0) is 50.1 Å². The molecule has 0 aliphatic carbocycles. The molecule has 1 amide bonds. The highest BCUT2D eigenvalue weighted by atomic mass is 35.5. The summed E-state index contributed by atoms with van der Waals surface area (Å²) in [6.07, 6.45) is 1.30. The van der Waals surface area contributed by atoms with Crippen molar-refractivity contribution in [1.82, 2.24) is 0 Å². The number of nitrogens with zero attached hydrogens (tertiary/aromatic N) is 1. The predicted octanol–water partition coefficient (Wildman–Crippen LogP) is 4.03. The summed E-state index contributed by atoms with van der Waals surface area (Å²) in [6.45, 7) is 4.92. The van der Waals surface area contributed by atoms with Crippen molar-refractivity contribution < 1.29 is 18.0 Å². The number of amides is 1. The van der Waals surface area contributed by atoms with Crippen LogP contribution in [0.25, 0.3) is 0 Å². The number of hydrogen-bond donors (Lipinski definition) is 1. The number of aryl methyl sites for hydroxylation is 1. The zero-order chi connectivity index (χ0) is 21.1. The number of halogens is 1. The van der Waals surface area contributed by atoms with E-state index in [1.807, 2.05) is 0 Å². The molecular formula is C20H23ClN2O4S. The molecule has 0 bridgehead atoms. The van der Waals surface area contributed by atoms with E-state index in [4.69, 9.17) is 11.6 Å². The molecule has 0 radical (unpaired) electrons. The van der Waals surface area contributed by atoms with Crippen LogP contribution in [0.3, 0.4) is 0 Å². The zero-order valence-electron chi connectivity index (χ0n) is 16.2. The Labute approximate surface area is 170 Å². The molecule has 1 N–H and O–H groups in total. The lowest BCUT2D eigenvalue weighted by Gasteiger charge is -2.31. The van der Waals surface area contributed by atoms with Crippen molar-refractivity contribution >= 4 is 44.7 Å². The fourth-order valence-corrected chi connectivity index (χ4v) is 4.32. The van der Waals surface area contributed by atoms with Gasteiger partial charge in [0.1, 0.15) is 6.04 Å². The van der Waals surface area contributed by atoms with Gasteiger partial charge in [0.2, 0.25) is 15.9 Å². The number of benzene rings is 2. The van der Waals surface area contributed by atoms with Crippen LogP contribution in [-0.4, -0.2) is 32.4 Å². The SMILES string of the molecule is CC[C@@H](C(=O)Nc1cccc(C(C)=O)c1)N(c1cc(Cl)ccc1C)S(C)(=O)=O. The van der Waals surface area contributed by atoms with Gasteiger partial charge in [-0.1, -0.05) is 36.7 Å². The highest BCUT2D eigenvalue weighted by molar-refractivity contribution is 7.92. The lowest BCUT2D eigenvalue weighted by atomic mass is 10.1. The molecule has 0 heterocycles. The number of ketones is 1. The van der Waals surface area contributed by atoms with Crippen molar-refractivity contribution in [2.24, 2.45) is 0 Å². The van der Waals surface area contributed by atoms with E-state index >= 15 is 0 Å². The number of rotatable bonds is 7. The van der Waals surface area contributed by atoms with Crippen LogP contribution in [0.4, 0.5) is 11.4 Å². The van der Waals surface area contributed by atoms with Crippen LogP contribution in [0.2, 0.25) is 5.02 Å². The number of carbonyl (C=O) groups excluding carboxylic acids is 2. The molecule has 0 spiro atoms. The van der Waals surface area contributed by atoms with Gasteiger partial charge in [-0.15, -0.1) is 0 Å². The van der Waals surface area contributed by atoms with Gasteiger partial charge in [0, 0.05) is 16.3 Å². The average molecular weight is 423 g/mol. The van der Waals surface area contributed by atoms with Gasteiger partial charge >= 0.3 is 0 Å². The number of Topliss-reactive ketones (excluding diaryl/α,β-unsaturated/α-hetero) is 1. The normalized spacial score (nSPS) is 12.3. The van der Waals surface area contributed by atoms with Gasteiger partial charge in [-0.2, -0.15) is 0 Å². The van der Waals surface area contributed by atoms with E-state index < -0.39 is 22.0 Å². The van der Waals surface area contributed by atoms with Gasteiger partial charge in [0.25, 0.3) is 0 Å². The largest absolute Gasteiger partial charge is 0.324 e. The number of sulfonamides is 1. The minimum absolute atomic E-state index is 0.129. The van der Waals surface area contributed by atoms with Gasteiger partial charge in [-0.25, -0.2) is 8.42 Å². The fourth-order valence-electron chi connectivity index (χ4n) is 2.90. The molecule has 6 nitrogen and oxygen atoms in total. The first-order valence-corrected chi connectivity index (χ1v) is 10.9. The monoisotopic (exact) mass is 422 g/mol. The zero-order valence-corrected chi connectivity index (χ0v) is 17.8.